The molecule has 0 aromatic carbocycles. The first-order valence-electron chi connectivity index (χ1n) is 4.30. The van der Waals surface area contributed by atoms with Crippen LogP contribution in [0.2, 0.25) is 0 Å². The smallest absolute Gasteiger partial charge is 0.107 e. The van der Waals surface area contributed by atoms with Gasteiger partial charge in [0.2, 0.25) is 0 Å². The Morgan fingerprint density at radius 2 is 2.21 bits per heavy atom. The first kappa shape index (κ1) is 10.6. The molecule has 0 radical (unpaired) electrons. The number of nitriles is 1. The SMILES string of the molecule is Cc1ccc(C(O)C(O)CC#N)cn1. The molecule has 0 bridgehead atoms. The summed E-state index contributed by atoms with van der Waals surface area (Å²) in [7, 11) is 0. The Balaban J connectivity index is 2.74. The van der Waals surface area contributed by atoms with E-state index < -0.39 is 12.2 Å². The molecule has 2 N–H and O–H groups in total. The minimum Gasteiger partial charge on any atom is -0.389 e. The van der Waals surface area contributed by atoms with Crippen molar-refractivity contribution in [3.8, 4) is 6.07 Å². The minimum absolute atomic E-state index is 0.0883. The fourth-order valence-corrected chi connectivity index (χ4v) is 1.08. The number of aliphatic hydroxyl groups excluding tert-OH is 2. The highest BCUT2D eigenvalue weighted by Crippen LogP contribution is 2.17. The van der Waals surface area contributed by atoms with Crippen molar-refractivity contribution in [2.75, 3.05) is 0 Å². The highest BCUT2D eigenvalue weighted by molar-refractivity contribution is 5.16. The molecule has 14 heavy (non-hydrogen) atoms. The number of aryl methyl sites for hydroxylation is 1. The second-order valence-electron chi connectivity index (χ2n) is 3.11. The average molecular weight is 192 g/mol. The molecule has 0 fully saturated rings. The molecule has 1 rings (SSSR count). The molecule has 0 spiro atoms. The molecule has 4 nitrogen and oxygen atoms in total. The van der Waals surface area contributed by atoms with E-state index in [1.54, 1.807) is 18.2 Å². The number of nitrogens with zero attached hydrogens (tertiary/aromatic N) is 2. The van der Waals surface area contributed by atoms with Gasteiger partial charge in [0.25, 0.3) is 0 Å². The van der Waals surface area contributed by atoms with Crippen molar-refractivity contribution in [3.05, 3.63) is 29.6 Å². The van der Waals surface area contributed by atoms with E-state index in [-0.39, 0.29) is 6.42 Å². The van der Waals surface area contributed by atoms with Gasteiger partial charge in [-0.1, -0.05) is 6.07 Å². The number of pyridine rings is 1. The van der Waals surface area contributed by atoms with Crippen LogP contribution in [0.5, 0.6) is 0 Å². The van der Waals surface area contributed by atoms with E-state index >= 15 is 0 Å². The Morgan fingerprint density at radius 3 is 2.71 bits per heavy atom. The van der Waals surface area contributed by atoms with E-state index in [1.165, 1.54) is 6.20 Å². The van der Waals surface area contributed by atoms with Gasteiger partial charge >= 0.3 is 0 Å². The van der Waals surface area contributed by atoms with Crippen molar-refractivity contribution in [2.45, 2.75) is 25.6 Å². The molecule has 2 atom stereocenters. The summed E-state index contributed by atoms with van der Waals surface area (Å²) in [6.45, 7) is 1.84. The van der Waals surface area contributed by atoms with Crippen LogP contribution >= 0.6 is 0 Å². The van der Waals surface area contributed by atoms with Crippen LogP contribution in [0.25, 0.3) is 0 Å². The summed E-state index contributed by atoms with van der Waals surface area (Å²) >= 11 is 0. The highest BCUT2D eigenvalue weighted by Gasteiger charge is 2.17. The summed E-state index contributed by atoms with van der Waals surface area (Å²) in [4.78, 5) is 3.99. The molecule has 1 heterocycles. The number of hydrogen-bond donors (Lipinski definition) is 2. The van der Waals surface area contributed by atoms with E-state index in [9.17, 15) is 10.2 Å². The monoisotopic (exact) mass is 192 g/mol. The summed E-state index contributed by atoms with van der Waals surface area (Å²) in [5.74, 6) is 0. The van der Waals surface area contributed by atoms with E-state index in [1.807, 2.05) is 6.92 Å². The number of aromatic nitrogens is 1. The van der Waals surface area contributed by atoms with Crippen molar-refractivity contribution in [1.82, 2.24) is 4.98 Å². The number of aliphatic hydroxyl groups is 2. The lowest BCUT2D eigenvalue weighted by Crippen LogP contribution is -2.17. The van der Waals surface area contributed by atoms with Crippen LogP contribution < -0.4 is 0 Å². The molecule has 0 saturated heterocycles. The third kappa shape index (κ3) is 2.52. The summed E-state index contributed by atoms with van der Waals surface area (Å²) in [5.41, 5.74) is 1.37. The van der Waals surface area contributed by atoms with Crippen LogP contribution in [0.3, 0.4) is 0 Å². The van der Waals surface area contributed by atoms with Crippen LogP contribution in [0.15, 0.2) is 18.3 Å². The number of hydrogen-bond acceptors (Lipinski definition) is 4. The third-order valence-electron chi connectivity index (χ3n) is 1.94. The topological polar surface area (TPSA) is 77.1 Å². The Labute approximate surface area is 82.5 Å². The largest absolute Gasteiger partial charge is 0.389 e. The second-order valence-corrected chi connectivity index (χ2v) is 3.11. The van der Waals surface area contributed by atoms with E-state index in [4.69, 9.17) is 5.26 Å². The lowest BCUT2D eigenvalue weighted by atomic mass is 10.0. The standard InChI is InChI=1S/C10H12N2O2/c1-7-2-3-8(6-12-7)10(14)9(13)4-5-11/h2-3,6,9-10,13-14H,4H2,1H3. The van der Waals surface area contributed by atoms with Crippen molar-refractivity contribution in [2.24, 2.45) is 0 Å². The van der Waals surface area contributed by atoms with Crippen molar-refractivity contribution < 1.29 is 10.2 Å². The minimum atomic E-state index is -1.05. The quantitative estimate of drug-likeness (QED) is 0.739. The first-order valence-corrected chi connectivity index (χ1v) is 4.30. The van der Waals surface area contributed by atoms with Crippen LogP contribution in [0, 0.1) is 18.3 Å². The molecule has 2 unspecified atom stereocenters. The number of rotatable bonds is 3. The second kappa shape index (κ2) is 4.70. The third-order valence-corrected chi connectivity index (χ3v) is 1.94. The normalized spacial score (nSPS) is 14.4. The fraction of sp³-hybridized carbons (Fsp3) is 0.400. The van der Waals surface area contributed by atoms with E-state index in [0.29, 0.717) is 5.56 Å². The van der Waals surface area contributed by atoms with Crippen LogP contribution in [-0.2, 0) is 0 Å². The van der Waals surface area contributed by atoms with Crippen molar-refractivity contribution >= 4 is 0 Å². The van der Waals surface area contributed by atoms with E-state index in [2.05, 4.69) is 4.98 Å². The zero-order valence-corrected chi connectivity index (χ0v) is 7.88. The van der Waals surface area contributed by atoms with Crippen LogP contribution in [0.1, 0.15) is 23.8 Å². The maximum atomic E-state index is 9.57. The van der Waals surface area contributed by atoms with Gasteiger partial charge in [0.05, 0.1) is 18.6 Å². The Kier molecular flexibility index (Phi) is 3.57. The predicted molar refractivity (Wildman–Crippen MR) is 50.2 cm³/mol. The molecule has 0 aliphatic rings. The van der Waals surface area contributed by atoms with Gasteiger partial charge in [-0.15, -0.1) is 0 Å². The lowest BCUT2D eigenvalue weighted by Gasteiger charge is -2.14. The molecule has 0 aliphatic heterocycles. The lowest BCUT2D eigenvalue weighted by molar-refractivity contribution is 0.0214. The zero-order valence-electron chi connectivity index (χ0n) is 7.88. The molecule has 4 heteroatoms. The summed E-state index contributed by atoms with van der Waals surface area (Å²) < 4.78 is 0. The van der Waals surface area contributed by atoms with Gasteiger partial charge in [0, 0.05) is 17.5 Å². The van der Waals surface area contributed by atoms with Gasteiger partial charge in [-0.05, 0) is 13.0 Å². The van der Waals surface area contributed by atoms with E-state index in [0.717, 1.165) is 5.69 Å². The van der Waals surface area contributed by atoms with Gasteiger partial charge in [-0.3, -0.25) is 4.98 Å². The van der Waals surface area contributed by atoms with Crippen LogP contribution in [-0.4, -0.2) is 21.3 Å². The summed E-state index contributed by atoms with van der Waals surface area (Å²) in [6, 6.07) is 5.23. The van der Waals surface area contributed by atoms with Gasteiger partial charge in [0.15, 0.2) is 0 Å². The first-order chi connectivity index (χ1) is 6.65. The highest BCUT2D eigenvalue weighted by atomic mass is 16.3. The Hall–Kier alpha value is -1.44. The molecular weight excluding hydrogens is 180 g/mol. The van der Waals surface area contributed by atoms with Gasteiger partial charge in [-0.25, -0.2) is 0 Å². The Bertz CT molecular complexity index is 329. The average Bonchev–Trinajstić information content (AvgIpc) is 2.18. The molecule has 1 aromatic rings. The maximum absolute atomic E-state index is 9.57. The van der Waals surface area contributed by atoms with Gasteiger partial charge in [-0.2, -0.15) is 5.26 Å². The maximum Gasteiger partial charge on any atom is 0.107 e. The molecule has 0 amide bonds. The fourth-order valence-electron chi connectivity index (χ4n) is 1.08. The van der Waals surface area contributed by atoms with Crippen LogP contribution in [0.4, 0.5) is 0 Å². The molecule has 1 aromatic heterocycles. The van der Waals surface area contributed by atoms with Gasteiger partial charge < -0.3 is 10.2 Å². The molecule has 0 aliphatic carbocycles. The molecular formula is C10H12N2O2. The molecule has 74 valence electrons. The molecule has 0 saturated carbocycles. The summed E-state index contributed by atoms with van der Waals surface area (Å²) in [6.07, 6.45) is -0.678. The zero-order chi connectivity index (χ0) is 10.6. The van der Waals surface area contributed by atoms with Crippen molar-refractivity contribution in [3.63, 3.8) is 0 Å². The summed E-state index contributed by atoms with van der Waals surface area (Å²) in [5, 5.41) is 27.2. The predicted octanol–water partition coefficient (Wildman–Crippen LogP) is 0.698. The van der Waals surface area contributed by atoms with Gasteiger partial charge in [0.1, 0.15) is 6.10 Å². The van der Waals surface area contributed by atoms with Crippen molar-refractivity contribution in [1.29, 1.82) is 5.26 Å². The Morgan fingerprint density at radius 1 is 1.50 bits per heavy atom.